The lowest BCUT2D eigenvalue weighted by Crippen LogP contribution is -2.30. The molecule has 26 heavy (non-hydrogen) atoms. The van der Waals surface area contributed by atoms with E-state index in [0.29, 0.717) is 12.1 Å². The number of fused-ring (bicyclic) bond motifs is 1. The predicted octanol–water partition coefficient (Wildman–Crippen LogP) is 3.19. The Hall–Kier alpha value is -2.92. The first-order valence-corrected chi connectivity index (χ1v) is 8.81. The summed E-state index contributed by atoms with van der Waals surface area (Å²) in [5, 5.41) is 13.6. The standard InChI is InChI=1S/C21H21N3O2/c25-21(26)18-8-6-17(7-9-18)14-24-20-10-11-23(15-19(20)12-22-24)13-16-4-2-1-3-5-16/h1-9,12H,10-11,13-15H2,(H,25,26). The van der Waals surface area contributed by atoms with Crippen LogP contribution in [0.15, 0.2) is 60.8 Å². The van der Waals surface area contributed by atoms with Gasteiger partial charge in [-0.05, 0) is 23.3 Å². The molecular formula is C21H21N3O2. The Morgan fingerprint density at radius 2 is 1.73 bits per heavy atom. The molecule has 0 fully saturated rings. The van der Waals surface area contributed by atoms with Crippen LogP contribution in [-0.2, 0) is 26.1 Å². The van der Waals surface area contributed by atoms with Gasteiger partial charge in [0.15, 0.2) is 0 Å². The molecule has 2 heterocycles. The first-order chi connectivity index (χ1) is 12.7. The third-order valence-electron chi connectivity index (χ3n) is 4.88. The molecule has 1 aliphatic heterocycles. The van der Waals surface area contributed by atoms with Crippen molar-refractivity contribution < 1.29 is 9.90 Å². The molecule has 0 bridgehead atoms. The van der Waals surface area contributed by atoms with E-state index in [9.17, 15) is 4.79 Å². The third-order valence-corrected chi connectivity index (χ3v) is 4.88. The highest BCUT2D eigenvalue weighted by molar-refractivity contribution is 5.87. The highest BCUT2D eigenvalue weighted by atomic mass is 16.4. The summed E-state index contributed by atoms with van der Waals surface area (Å²) in [5.41, 5.74) is 5.29. The molecule has 5 heteroatoms. The number of nitrogens with zero attached hydrogens (tertiary/aromatic N) is 3. The molecule has 0 aliphatic carbocycles. The van der Waals surface area contributed by atoms with Crippen LogP contribution in [0.5, 0.6) is 0 Å². The highest BCUT2D eigenvalue weighted by Crippen LogP contribution is 2.21. The van der Waals surface area contributed by atoms with Crippen molar-refractivity contribution >= 4 is 5.97 Å². The van der Waals surface area contributed by atoms with Gasteiger partial charge < -0.3 is 5.11 Å². The van der Waals surface area contributed by atoms with Crippen LogP contribution in [0.25, 0.3) is 0 Å². The van der Waals surface area contributed by atoms with Gasteiger partial charge in [0.1, 0.15) is 0 Å². The number of carboxylic acid groups (broad SMARTS) is 1. The summed E-state index contributed by atoms with van der Waals surface area (Å²) in [7, 11) is 0. The molecule has 5 nitrogen and oxygen atoms in total. The van der Waals surface area contributed by atoms with Crippen molar-refractivity contribution in [1.82, 2.24) is 14.7 Å². The van der Waals surface area contributed by atoms with Crippen LogP contribution in [0.1, 0.15) is 32.7 Å². The minimum absolute atomic E-state index is 0.313. The van der Waals surface area contributed by atoms with E-state index in [1.807, 2.05) is 29.1 Å². The summed E-state index contributed by atoms with van der Waals surface area (Å²) in [6, 6.07) is 17.6. The van der Waals surface area contributed by atoms with Gasteiger partial charge in [0.25, 0.3) is 0 Å². The van der Waals surface area contributed by atoms with Gasteiger partial charge in [0.05, 0.1) is 18.3 Å². The molecule has 0 saturated heterocycles. The predicted molar refractivity (Wildman–Crippen MR) is 99.0 cm³/mol. The fourth-order valence-corrected chi connectivity index (χ4v) is 3.49. The third kappa shape index (κ3) is 3.53. The minimum Gasteiger partial charge on any atom is -0.478 e. The molecule has 0 radical (unpaired) electrons. The normalized spacial score (nSPS) is 14.2. The van der Waals surface area contributed by atoms with Gasteiger partial charge >= 0.3 is 5.97 Å². The topological polar surface area (TPSA) is 58.4 Å². The van der Waals surface area contributed by atoms with E-state index in [0.717, 1.165) is 31.6 Å². The van der Waals surface area contributed by atoms with Crippen molar-refractivity contribution in [2.75, 3.05) is 6.54 Å². The van der Waals surface area contributed by atoms with Crippen molar-refractivity contribution in [2.24, 2.45) is 0 Å². The minimum atomic E-state index is -0.897. The van der Waals surface area contributed by atoms with Crippen LogP contribution < -0.4 is 0 Å². The van der Waals surface area contributed by atoms with Crippen LogP contribution in [0, 0.1) is 0 Å². The summed E-state index contributed by atoms with van der Waals surface area (Å²) < 4.78 is 2.05. The smallest absolute Gasteiger partial charge is 0.335 e. The maximum Gasteiger partial charge on any atom is 0.335 e. The Labute approximate surface area is 152 Å². The Morgan fingerprint density at radius 1 is 1.00 bits per heavy atom. The summed E-state index contributed by atoms with van der Waals surface area (Å²) in [6.45, 7) is 3.57. The van der Waals surface area contributed by atoms with Crippen LogP contribution in [0.4, 0.5) is 0 Å². The second kappa shape index (κ2) is 7.14. The van der Waals surface area contributed by atoms with Gasteiger partial charge in [-0.3, -0.25) is 9.58 Å². The Balaban J connectivity index is 1.44. The van der Waals surface area contributed by atoms with Crippen LogP contribution in [-0.4, -0.2) is 32.3 Å². The number of hydrogen-bond acceptors (Lipinski definition) is 3. The maximum atomic E-state index is 11.0. The van der Waals surface area contributed by atoms with Crippen molar-refractivity contribution in [3.05, 3.63) is 88.7 Å². The molecule has 0 amide bonds. The van der Waals surface area contributed by atoms with Crippen LogP contribution in [0.3, 0.4) is 0 Å². The van der Waals surface area contributed by atoms with E-state index in [2.05, 4.69) is 34.3 Å². The number of aromatic carboxylic acids is 1. The molecule has 0 unspecified atom stereocenters. The molecule has 2 aromatic carbocycles. The van der Waals surface area contributed by atoms with E-state index in [1.165, 1.54) is 16.8 Å². The van der Waals surface area contributed by atoms with E-state index >= 15 is 0 Å². The molecule has 0 spiro atoms. The lowest BCUT2D eigenvalue weighted by molar-refractivity contribution is 0.0697. The zero-order valence-electron chi connectivity index (χ0n) is 14.5. The van der Waals surface area contributed by atoms with Gasteiger partial charge in [-0.1, -0.05) is 42.5 Å². The Kier molecular flexibility index (Phi) is 4.54. The first kappa shape index (κ1) is 16.5. The van der Waals surface area contributed by atoms with Gasteiger partial charge in [-0.2, -0.15) is 5.10 Å². The van der Waals surface area contributed by atoms with Crippen molar-refractivity contribution in [3.63, 3.8) is 0 Å². The van der Waals surface area contributed by atoms with E-state index in [-0.39, 0.29) is 0 Å². The molecule has 0 atom stereocenters. The number of rotatable bonds is 5. The lowest BCUT2D eigenvalue weighted by atomic mass is 10.1. The monoisotopic (exact) mass is 347 g/mol. The second-order valence-corrected chi connectivity index (χ2v) is 6.72. The number of carboxylic acids is 1. The zero-order valence-corrected chi connectivity index (χ0v) is 14.5. The number of carbonyl (C=O) groups is 1. The second-order valence-electron chi connectivity index (χ2n) is 6.72. The fraction of sp³-hybridized carbons (Fsp3) is 0.238. The number of aromatic nitrogens is 2. The average Bonchev–Trinajstić information content (AvgIpc) is 3.05. The molecule has 1 aromatic heterocycles. The first-order valence-electron chi connectivity index (χ1n) is 8.81. The van der Waals surface area contributed by atoms with E-state index < -0.39 is 5.97 Å². The van der Waals surface area contributed by atoms with Crippen molar-refractivity contribution in [1.29, 1.82) is 0 Å². The molecule has 1 aliphatic rings. The maximum absolute atomic E-state index is 11.0. The molecular weight excluding hydrogens is 326 g/mol. The molecule has 132 valence electrons. The molecule has 4 rings (SSSR count). The average molecular weight is 347 g/mol. The molecule has 3 aromatic rings. The largest absolute Gasteiger partial charge is 0.478 e. The van der Waals surface area contributed by atoms with Crippen molar-refractivity contribution in [2.45, 2.75) is 26.1 Å². The Bertz CT molecular complexity index is 901. The zero-order chi connectivity index (χ0) is 17.9. The highest BCUT2D eigenvalue weighted by Gasteiger charge is 2.20. The fourth-order valence-electron chi connectivity index (χ4n) is 3.49. The van der Waals surface area contributed by atoms with Crippen LogP contribution in [0.2, 0.25) is 0 Å². The van der Waals surface area contributed by atoms with Gasteiger partial charge in [0, 0.05) is 37.3 Å². The quantitative estimate of drug-likeness (QED) is 0.770. The van der Waals surface area contributed by atoms with Gasteiger partial charge in [-0.15, -0.1) is 0 Å². The lowest BCUT2D eigenvalue weighted by Gasteiger charge is -2.27. The van der Waals surface area contributed by atoms with Crippen molar-refractivity contribution in [3.8, 4) is 0 Å². The van der Waals surface area contributed by atoms with Gasteiger partial charge in [-0.25, -0.2) is 4.79 Å². The van der Waals surface area contributed by atoms with Crippen LogP contribution >= 0.6 is 0 Å². The van der Waals surface area contributed by atoms with Gasteiger partial charge in [0.2, 0.25) is 0 Å². The molecule has 0 saturated carbocycles. The SMILES string of the molecule is O=C(O)c1ccc(Cn2ncc3c2CCN(Cc2ccccc2)C3)cc1. The van der Waals surface area contributed by atoms with E-state index in [4.69, 9.17) is 5.11 Å². The number of hydrogen-bond donors (Lipinski definition) is 1. The summed E-state index contributed by atoms with van der Waals surface area (Å²) in [6.07, 6.45) is 2.95. The molecule has 1 N–H and O–H groups in total. The summed E-state index contributed by atoms with van der Waals surface area (Å²) in [4.78, 5) is 13.4. The summed E-state index contributed by atoms with van der Waals surface area (Å²) >= 11 is 0. The van der Waals surface area contributed by atoms with E-state index in [1.54, 1.807) is 12.1 Å². The summed E-state index contributed by atoms with van der Waals surface area (Å²) in [5.74, 6) is -0.897. The number of benzene rings is 2. The Morgan fingerprint density at radius 3 is 2.46 bits per heavy atom.